The minimum absolute atomic E-state index is 0.0948. The Morgan fingerprint density at radius 1 is 0.903 bits per heavy atom. The van der Waals surface area contributed by atoms with Crippen LogP contribution in [0.1, 0.15) is 16.7 Å². The number of hydrogen-bond donors (Lipinski definition) is 0. The van der Waals surface area contributed by atoms with Gasteiger partial charge in [0.2, 0.25) is 0 Å². The van der Waals surface area contributed by atoms with E-state index in [0.29, 0.717) is 17.7 Å². The second-order valence-corrected chi connectivity index (χ2v) is 19.3. The van der Waals surface area contributed by atoms with Gasteiger partial charge in [-0.1, -0.05) is 18.2 Å². The Kier molecular flexibility index (Phi) is 8.44. The number of nitro groups is 1. The molecule has 31 heavy (non-hydrogen) atoms. The fourth-order valence-corrected chi connectivity index (χ4v) is 14.9. The summed E-state index contributed by atoms with van der Waals surface area (Å²) in [5, 5.41) is 11.4. The van der Waals surface area contributed by atoms with E-state index in [2.05, 4.69) is 4.98 Å². The van der Waals surface area contributed by atoms with Gasteiger partial charge in [0.15, 0.2) is 0 Å². The van der Waals surface area contributed by atoms with Gasteiger partial charge in [0.1, 0.15) is 0 Å². The summed E-state index contributed by atoms with van der Waals surface area (Å²) in [5.74, 6) is 0. The Bertz CT molecular complexity index is 894. The van der Waals surface area contributed by atoms with E-state index in [9.17, 15) is 10.1 Å². The molecule has 0 spiro atoms. The largest absolute Gasteiger partial charge is 0.415 e. The van der Waals surface area contributed by atoms with E-state index in [1.165, 1.54) is 0 Å². The molecule has 0 atom stereocenters. The molecule has 0 fully saturated rings. The van der Waals surface area contributed by atoms with Gasteiger partial charge < -0.3 is 17.1 Å². The number of rotatable bonds is 11. The zero-order chi connectivity index (χ0) is 23.3. The SMILES string of the molecule is Cc1cccc(CO[Si](C)(C)O[Si](C)(C)O[Si](C)(C)OCc2cccnc2)c1[N+](=O)[O-]. The number of aryl methyl sites for hydroxylation is 1. The topological polar surface area (TPSA) is 93.0 Å². The molecule has 0 aliphatic carbocycles. The first kappa shape index (κ1) is 25.5. The Labute approximate surface area is 187 Å². The molecule has 0 amide bonds. The molecule has 11 heteroatoms. The molecule has 1 aromatic heterocycles. The lowest BCUT2D eigenvalue weighted by Gasteiger charge is -2.37. The Morgan fingerprint density at radius 2 is 1.52 bits per heavy atom. The number of aromatic nitrogens is 1. The van der Waals surface area contributed by atoms with Gasteiger partial charge in [-0.05, 0) is 63.9 Å². The van der Waals surface area contributed by atoms with Crippen LogP contribution in [-0.4, -0.2) is 35.6 Å². The van der Waals surface area contributed by atoms with E-state index >= 15 is 0 Å². The van der Waals surface area contributed by atoms with Gasteiger partial charge in [-0.3, -0.25) is 15.1 Å². The lowest BCUT2D eigenvalue weighted by molar-refractivity contribution is -0.386. The zero-order valence-electron chi connectivity index (χ0n) is 19.3. The fraction of sp³-hybridized carbons (Fsp3) is 0.450. The van der Waals surface area contributed by atoms with E-state index < -0.39 is 25.7 Å². The van der Waals surface area contributed by atoms with Crippen LogP contribution in [0.4, 0.5) is 5.69 Å². The summed E-state index contributed by atoms with van der Waals surface area (Å²) in [7, 11) is -7.64. The third kappa shape index (κ3) is 8.37. The molecular weight excluding hydrogens is 448 g/mol. The van der Waals surface area contributed by atoms with Crippen molar-refractivity contribution < 1.29 is 22.0 Å². The smallest absolute Gasteiger partial charge is 0.323 e. The van der Waals surface area contributed by atoms with E-state index in [1.807, 2.05) is 51.4 Å². The lowest BCUT2D eigenvalue weighted by Crippen LogP contribution is -2.54. The highest BCUT2D eigenvalue weighted by Gasteiger charge is 2.42. The molecular formula is C20H32N2O6Si3. The number of para-hydroxylation sites is 1. The number of nitro benzene ring substituents is 1. The minimum Gasteiger partial charge on any atom is -0.415 e. The van der Waals surface area contributed by atoms with Gasteiger partial charge in [0.05, 0.1) is 23.7 Å². The summed E-state index contributed by atoms with van der Waals surface area (Å²) >= 11 is 0. The highest BCUT2D eigenvalue weighted by Crippen LogP contribution is 2.27. The standard InChI is InChI=1S/C20H32N2O6Si3/c1-17-10-8-12-19(20(17)22(23)24)16-26-30(4,5)28-31(6,7)27-29(2,3)25-15-18-11-9-13-21-14-18/h8-14H,15-16H2,1-7H3. The first-order valence-corrected chi connectivity index (χ1v) is 18.6. The van der Waals surface area contributed by atoms with Crippen LogP contribution >= 0.6 is 0 Å². The fourth-order valence-electron chi connectivity index (χ4n) is 3.35. The summed E-state index contributed by atoms with van der Waals surface area (Å²) in [6.45, 7) is 14.1. The van der Waals surface area contributed by atoms with E-state index in [-0.39, 0.29) is 17.2 Å². The molecule has 0 radical (unpaired) electrons. The van der Waals surface area contributed by atoms with Crippen molar-refractivity contribution in [3.63, 3.8) is 0 Å². The van der Waals surface area contributed by atoms with Crippen LogP contribution in [0.15, 0.2) is 42.7 Å². The van der Waals surface area contributed by atoms with Crippen LogP contribution in [0, 0.1) is 17.0 Å². The average molecular weight is 481 g/mol. The van der Waals surface area contributed by atoms with Crippen LogP contribution in [0.2, 0.25) is 39.3 Å². The van der Waals surface area contributed by atoms with Gasteiger partial charge in [-0.2, -0.15) is 0 Å². The molecule has 0 bridgehead atoms. The summed E-state index contributed by atoms with van der Waals surface area (Å²) < 4.78 is 24.9. The molecule has 1 aromatic carbocycles. The number of benzene rings is 1. The molecule has 0 aliphatic heterocycles. The zero-order valence-corrected chi connectivity index (χ0v) is 22.3. The highest BCUT2D eigenvalue weighted by atomic mass is 28.5. The molecule has 2 rings (SSSR count). The van der Waals surface area contributed by atoms with Crippen LogP contribution < -0.4 is 0 Å². The van der Waals surface area contributed by atoms with Crippen molar-refractivity contribution >= 4 is 31.4 Å². The monoisotopic (exact) mass is 480 g/mol. The van der Waals surface area contributed by atoms with Gasteiger partial charge in [-0.25, -0.2) is 0 Å². The second-order valence-electron chi connectivity index (χ2n) is 8.68. The quantitative estimate of drug-likeness (QED) is 0.249. The van der Waals surface area contributed by atoms with Gasteiger partial charge in [0.25, 0.3) is 5.69 Å². The maximum atomic E-state index is 11.4. The molecule has 8 nitrogen and oxygen atoms in total. The summed E-state index contributed by atoms with van der Waals surface area (Å²) in [6, 6.07) is 9.08. The summed E-state index contributed by atoms with van der Waals surface area (Å²) in [5.41, 5.74) is 2.24. The summed E-state index contributed by atoms with van der Waals surface area (Å²) in [4.78, 5) is 15.2. The number of nitrogens with zero attached hydrogens (tertiary/aromatic N) is 2. The van der Waals surface area contributed by atoms with Crippen LogP contribution in [0.5, 0.6) is 0 Å². The maximum Gasteiger partial charge on any atom is 0.323 e. The van der Waals surface area contributed by atoms with Crippen molar-refractivity contribution in [2.75, 3.05) is 0 Å². The van der Waals surface area contributed by atoms with Crippen molar-refractivity contribution in [1.29, 1.82) is 0 Å². The Balaban J connectivity index is 1.97. The second kappa shape index (κ2) is 10.3. The molecule has 0 saturated carbocycles. The van der Waals surface area contributed by atoms with Gasteiger partial charge in [-0.15, -0.1) is 0 Å². The highest BCUT2D eigenvalue weighted by molar-refractivity contribution is 6.84. The molecule has 0 N–H and O–H groups in total. The third-order valence-electron chi connectivity index (χ3n) is 4.37. The van der Waals surface area contributed by atoms with Crippen molar-refractivity contribution in [3.8, 4) is 0 Å². The average Bonchev–Trinajstić information content (AvgIpc) is 2.63. The van der Waals surface area contributed by atoms with Crippen molar-refractivity contribution in [2.45, 2.75) is 59.4 Å². The van der Waals surface area contributed by atoms with Crippen molar-refractivity contribution in [1.82, 2.24) is 4.98 Å². The summed E-state index contributed by atoms with van der Waals surface area (Å²) in [6.07, 6.45) is 3.50. The van der Waals surface area contributed by atoms with Gasteiger partial charge in [0, 0.05) is 18.0 Å². The van der Waals surface area contributed by atoms with E-state index in [1.54, 1.807) is 37.5 Å². The van der Waals surface area contributed by atoms with Crippen LogP contribution in [0.25, 0.3) is 0 Å². The van der Waals surface area contributed by atoms with Crippen LogP contribution in [-0.2, 0) is 30.3 Å². The molecule has 170 valence electrons. The molecule has 0 saturated heterocycles. The Hall–Kier alpha value is -1.74. The Morgan fingerprint density at radius 3 is 2.06 bits per heavy atom. The first-order valence-electron chi connectivity index (χ1n) is 10.1. The molecule has 0 aliphatic rings. The maximum absolute atomic E-state index is 11.4. The van der Waals surface area contributed by atoms with Crippen molar-refractivity contribution in [2.24, 2.45) is 0 Å². The number of pyridine rings is 1. The normalized spacial score (nSPS) is 12.7. The lowest BCUT2D eigenvalue weighted by atomic mass is 10.1. The third-order valence-corrected chi connectivity index (χ3v) is 13.9. The van der Waals surface area contributed by atoms with Crippen LogP contribution in [0.3, 0.4) is 0 Å². The number of hydrogen-bond acceptors (Lipinski definition) is 7. The molecule has 1 heterocycles. The van der Waals surface area contributed by atoms with Crippen molar-refractivity contribution in [3.05, 3.63) is 69.5 Å². The molecule has 0 unspecified atom stereocenters. The van der Waals surface area contributed by atoms with Gasteiger partial charge >= 0.3 is 25.7 Å². The predicted molar refractivity (Wildman–Crippen MR) is 126 cm³/mol. The molecule has 2 aromatic rings. The van der Waals surface area contributed by atoms with E-state index in [0.717, 1.165) is 5.56 Å². The predicted octanol–water partition coefficient (Wildman–Crippen LogP) is 5.17. The minimum atomic E-state index is -2.61. The first-order chi connectivity index (χ1) is 14.3. The van der Waals surface area contributed by atoms with E-state index in [4.69, 9.17) is 17.1 Å².